The van der Waals surface area contributed by atoms with Gasteiger partial charge >= 0.3 is 5.97 Å². The summed E-state index contributed by atoms with van der Waals surface area (Å²) in [4.78, 5) is 39.9. The van der Waals surface area contributed by atoms with Gasteiger partial charge in [0.1, 0.15) is 24.4 Å². The van der Waals surface area contributed by atoms with E-state index >= 15 is 0 Å². The molecule has 0 bridgehead atoms. The number of carbonyl (C=O) groups excluding carboxylic acids is 2. The van der Waals surface area contributed by atoms with Crippen LogP contribution in [-0.4, -0.2) is 104 Å². The number of aliphatic carboxylic acids is 1. The summed E-state index contributed by atoms with van der Waals surface area (Å²) in [6.45, 7) is -0.564. The van der Waals surface area contributed by atoms with E-state index in [-0.39, 0.29) is 54.9 Å². The van der Waals surface area contributed by atoms with Crippen LogP contribution < -0.4 is 5.32 Å². The van der Waals surface area contributed by atoms with Crippen LogP contribution in [0.15, 0.2) is 78.9 Å². The number of carboxylic acids is 1. The Bertz CT molecular complexity index is 1830. The van der Waals surface area contributed by atoms with Crippen molar-refractivity contribution in [2.45, 2.75) is 61.6 Å². The molecule has 13 heteroatoms. The fraction of sp³-hybridized carbons (Fsp3) is 0.375. The number of hydrogen-bond donors (Lipinski definition) is 7. The number of aromatic hydroxyl groups is 4. The molecule has 1 aliphatic heterocycles. The molecule has 282 valence electrons. The van der Waals surface area contributed by atoms with Gasteiger partial charge in [-0.05, 0) is 85.3 Å². The molecule has 1 heterocycles. The molecule has 2 fully saturated rings. The second-order valence-corrected chi connectivity index (χ2v) is 13.6. The summed E-state index contributed by atoms with van der Waals surface area (Å²) < 4.78 is 18.9. The number of aryl methyl sites for hydroxylation is 1. The lowest BCUT2D eigenvalue weighted by molar-refractivity contribution is -0.268. The molecule has 0 radical (unpaired) electrons. The number of fused-ring (bicyclic) bond motifs is 1. The highest BCUT2D eigenvalue weighted by Gasteiger charge is 2.61. The van der Waals surface area contributed by atoms with E-state index in [1.807, 2.05) is 30.3 Å². The van der Waals surface area contributed by atoms with Crippen molar-refractivity contribution in [3.05, 3.63) is 95.6 Å². The first-order chi connectivity index (χ1) is 25.3. The first kappa shape index (κ1) is 39.2. The van der Waals surface area contributed by atoms with Gasteiger partial charge in [0.05, 0.1) is 12.7 Å². The summed E-state index contributed by atoms with van der Waals surface area (Å²) in [6.07, 6.45) is 2.40. The molecular formula is C40H45NO12. The molecule has 3 aromatic carbocycles. The van der Waals surface area contributed by atoms with Gasteiger partial charge in [-0.2, -0.15) is 0 Å². The molecule has 1 saturated heterocycles. The zero-order valence-corrected chi connectivity index (χ0v) is 29.3. The van der Waals surface area contributed by atoms with E-state index < -0.39 is 60.1 Å². The molecule has 7 N–H and O–H groups in total. The average Bonchev–Trinajstić information content (AvgIpc) is 3.12. The highest BCUT2D eigenvalue weighted by atomic mass is 16.6. The topological polar surface area (TPSA) is 212 Å². The van der Waals surface area contributed by atoms with E-state index in [0.717, 1.165) is 11.6 Å². The summed E-state index contributed by atoms with van der Waals surface area (Å²) in [5.41, 5.74) is -1.78. The van der Waals surface area contributed by atoms with Crippen LogP contribution in [0.3, 0.4) is 0 Å². The summed E-state index contributed by atoms with van der Waals surface area (Å²) in [6, 6.07) is 17.9. The van der Waals surface area contributed by atoms with Crippen molar-refractivity contribution < 1.29 is 59.2 Å². The molecule has 13 nitrogen and oxygen atoms in total. The predicted molar refractivity (Wildman–Crippen MR) is 193 cm³/mol. The van der Waals surface area contributed by atoms with Crippen LogP contribution in [0.5, 0.6) is 23.0 Å². The van der Waals surface area contributed by atoms with Crippen molar-refractivity contribution in [2.75, 3.05) is 26.8 Å². The van der Waals surface area contributed by atoms with Gasteiger partial charge in [0.25, 0.3) is 0 Å². The number of ketones is 2. The Morgan fingerprint density at radius 1 is 0.906 bits per heavy atom. The number of ether oxygens (including phenoxy) is 3. The highest BCUT2D eigenvalue weighted by molar-refractivity contribution is 5.97. The summed E-state index contributed by atoms with van der Waals surface area (Å²) >= 11 is 0. The largest absolute Gasteiger partial charge is 0.504 e. The minimum Gasteiger partial charge on any atom is -0.504 e. The predicted octanol–water partition coefficient (Wildman–Crippen LogP) is 3.75. The minimum absolute atomic E-state index is 0.0423. The van der Waals surface area contributed by atoms with Gasteiger partial charge < -0.3 is 50.2 Å². The lowest BCUT2D eigenvalue weighted by atomic mass is 9.70. The molecule has 6 atom stereocenters. The van der Waals surface area contributed by atoms with Crippen molar-refractivity contribution in [3.63, 3.8) is 0 Å². The van der Waals surface area contributed by atoms with Crippen LogP contribution in [0.4, 0.5) is 0 Å². The highest BCUT2D eigenvalue weighted by Crippen LogP contribution is 2.45. The van der Waals surface area contributed by atoms with Gasteiger partial charge in [0.2, 0.25) is 0 Å². The Balaban J connectivity index is 1.42. The van der Waals surface area contributed by atoms with Gasteiger partial charge in [-0.1, -0.05) is 54.6 Å². The summed E-state index contributed by atoms with van der Waals surface area (Å²) in [5.74, 6) is -4.04. The zero-order valence-electron chi connectivity index (χ0n) is 29.3. The smallest absolute Gasteiger partial charge is 0.336 e. The fourth-order valence-corrected chi connectivity index (χ4v) is 7.02. The van der Waals surface area contributed by atoms with Crippen LogP contribution in [0, 0.1) is 5.92 Å². The number of nitrogens with one attached hydrogen (secondary N) is 1. The number of carbonyl (C=O) groups is 3. The van der Waals surface area contributed by atoms with E-state index in [1.54, 1.807) is 7.05 Å². The monoisotopic (exact) mass is 731 g/mol. The first-order valence-electron chi connectivity index (χ1n) is 17.3. The van der Waals surface area contributed by atoms with Gasteiger partial charge in [-0.3, -0.25) is 9.59 Å². The number of hydrogen-bond acceptors (Lipinski definition) is 12. The third kappa shape index (κ3) is 9.69. The number of benzene rings is 3. The number of phenols is 4. The van der Waals surface area contributed by atoms with Crippen molar-refractivity contribution >= 4 is 29.7 Å². The molecule has 0 amide bonds. The van der Waals surface area contributed by atoms with E-state index in [9.17, 15) is 45.0 Å². The molecule has 53 heavy (non-hydrogen) atoms. The van der Waals surface area contributed by atoms with Gasteiger partial charge in [0.15, 0.2) is 40.2 Å². The van der Waals surface area contributed by atoms with Crippen molar-refractivity contribution in [1.82, 2.24) is 5.32 Å². The Labute approximate surface area is 306 Å². The Morgan fingerprint density at radius 3 is 2.15 bits per heavy atom. The molecule has 0 aromatic heterocycles. The Morgan fingerprint density at radius 2 is 1.55 bits per heavy atom. The van der Waals surface area contributed by atoms with Crippen LogP contribution in [-0.2, 0) is 35.0 Å². The normalized spacial score (nSPS) is 26.2. The summed E-state index contributed by atoms with van der Waals surface area (Å²) in [5, 5.41) is 64.2. The van der Waals surface area contributed by atoms with E-state index in [2.05, 4.69) is 5.32 Å². The number of rotatable bonds is 14. The third-order valence-corrected chi connectivity index (χ3v) is 9.69. The number of aliphatic hydroxyl groups is 1. The van der Waals surface area contributed by atoms with Crippen LogP contribution in [0.25, 0.3) is 12.2 Å². The van der Waals surface area contributed by atoms with Crippen molar-refractivity contribution in [2.24, 2.45) is 5.92 Å². The maximum atomic E-state index is 14.0. The second kappa shape index (κ2) is 17.2. The Hall–Kier alpha value is -5.05. The molecule has 5 rings (SSSR count). The minimum atomic E-state index is -2.12. The molecule has 1 saturated carbocycles. The quantitative estimate of drug-likeness (QED) is 0.0931. The molecule has 3 aromatic rings. The fourth-order valence-electron chi connectivity index (χ4n) is 7.02. The first-order valence-corrected chi connectivity index (χ1v) is 17.3. The van der Waals surface area contributed by atoms with Crippen LogP contribution >= 0.6 is 0 Å². The molecule has 2 aliphatic rings. The van der Waals surface area contributed by atoms with Gasteiger partial charge in [0, 0.05) is 19.4 Å². The van der Waals surface area contributed by atoms with Crippen LogP contribution in [0.2, 0.25) is 0 Å². The van der Waals surface area contributed by atoms with Gasteiger partial charge in [-0.25, -0.2) is 4.79 Å². The molecule has 0 spiro atoms. The van der Waals surface area contributed by atoms with Crippen molar-refractivity contribution in [1.29, 1.82) is 0 Å². The van der Waals surface area contributed by atoms with Gasteiger partial charge in [-0.15, -0.1) is 0 Å². The number of aliphatic hydroxyl groups excluding tert-OH is 1. The van der Waals surface area contributed by atoms with Crippen LogP contribution in [0.1, 0.15) is 42.4 Å². The number of carboxylic acid groups (broad SMARTS) is 1. The van der Waals surface area contributed by atoms with E-state index in [0.29, 0.717) is 24.0 Å². The lowest BCUT2D eigenvalue weighted by Gasteiger charge is -2.53. The SMILES string of the molecule is CNC[C@@]12C[C@](OCC(=O)C=Cc3ccc(O)c(O)c3)(C(=O)O)C[C@@H](O)[C@H]1OC[C@@H](CCc1ccccc1)C[C@@H](C(=O)C=Cc1ccc(O)c(O)c1)O2. The molecule has 0 unspecified atom stereocenters. The zero-order chi connectivity index (χ0) is 38.2. The van der Waals surface area contributed by atoms with E-state index in [4.69, 9.17) is 14.2 Å². The molecule has 1 aliphatic carbocycles. The second-order valence-electron chi connectivity index (χ2n) is 13.6. The molecular weight excluding hydrogens is 686 g/mol. The number of likely N-dealkylation sites (N-methyl/N-ethyl adjacent to an activating group) is 1. The maximum Gasteiger partial charge on any atom is 0.336 e. The Kier molecular flexibility index (Phi) is 12.7. The summed E-state index contributed by atoms with van der Waals surface area (Å²) in [7, 11) is 1.62. The third-order valence-electron chi connectivity index (χ3n) is 9.69. The number of phenolic OH excluding ortho intramolecular Hbond substituents is 4. The average molecular weight is 732 g/mol. The maximum absolute atomic E-state index is 14.0. The van der Waals surface area contributed by atoms with E-state index in [1.165, 1.54) is 54.6 Å². The lowest BCUT2D eigenvalue weighted by Crippen LogP contribution is -2.69. The standard InChI is InChI=1S/C40H45NO12/c1-41-24-40-23-39(38(49)50,52-22-29(42)13-9-26-10-14-30(43)33(46)17-26)20-35(48)37(40)51-21-28(8-7-25-5-3-2-4-6-25)19-36(53-40)32(45)16-12-27-11-15-31(44)34(47)18-27/h2-6,9-18,28,35-37,41,43-44,46-48H,7-8,19-24H2,1H3,(H,49,50)/t28-,35+,36-,37+,39-,40-/m0/s1. The van der Waals surface area contributed by atoms with Crippen molar-refractivity contribution in [3.8, 4) is 23.0 Å².